The van der Waals surface area contributed by atoms with Crippen molar-refractivity contribution in [1.82, 2.24) is 10.2 Å². The lowest BCUT2D eigenvalue weighted by atomic mass is 9.83. The average Bonchev–Trinajstić information content (AvgIpc) is 3.80. The van der Waals surface area contributed by atoms with Crippen LogP contribution in [0.15, 0.2) is 35.9 Å². The number of epoxide rings is 1. The molecule has 288 valence electrons. The van der Waals surface area contributed by atoms with E-state index >= 15 is 0 Å². The van der Waals surface area contributed by atoms with Gasteiger partial charge in [0.25, 0.3) is 0 Å². The number of likely N-dealkylation sites (N-methyl/N-ethyl adjacent to an activating group) is 1. The van der Waals surface area contributed by atoms with E-state index in [1.165, 1.54) is 31.1 Å². The fraction of sp³-hybridized carbons (Fsp3) is 0.611. The zero-order valence-corrected chi connectivity index (χ0v) is 33.5. The molecule has 2 N–H and O–H groups in total. The minimum Gasteiger partial charge on any atom is -0.495 e. The third-order valence-corrected chi connectivity index (χ3v) is 12.2. The number of methoxy groups -OCH3 is 2. The SMILES string of the molecule is COc1cc2cc(c1Cl)N(C)C(=O)C[C@H](OC(=O)[C@H](C)N(C)C(=O)CCSSC)C1(C)OC1[C@@H](C)C1C[C@@](O)(NC(=O)O1)[C@H](OC)/C=C/C=C(\C)C2. The van der Waals surface area contributed by atoms with E-state index in [9.17, 15) is 24.3 Å². The molecule has 3 heterocycles. The topological polar surface area (TPSA) is 156 Å². The van der Waals surface area contributed by atoms with Gasteiger partial charge in [0.15, 0.2) is 5.72 Å². The van der Waals surface area contributed by atoms with E-state index in [0.29, 0.717) is 23.6 Å². The minimum absolute atomic E-state index is 0.0452. The molecule has 1 aromatic rings. The van der Waals surface area contributed by atoms with Crippen LogP contribution in [0.1, 0.15) is 52.5 Å². The van der Waals surface area contributed by atoms with Crippen molar-refractivity contribution in [1.29, 1.82) is 0 Å². The predicted octanol–water partition coefficient (Wildman–Crippen LogP) is 4.92. The van der Waals surface area contributed by atoms with Crippen LogP contribution >= 0.6 is 33.2 Å². The Balaban J connectivity index is 1.74. The number of hydrogen-bond acceptors (Lipinski definition) is 12. The van der Waals surface area contributed by atoms with Crippen LogP contribution in [0.3, 0.4) is 0 Å². The summed E-state index contributed by atoms with van der Waals surface area (Å²) in [6.45, 7) is 7.02. The number of nitrogens with one attached hydrogen (secondary N) is 1. The molecule has 0 radical (unpaired) electrons. The molecule has 1 aromatic carbocycles. The molecule has 0 aromatic heterocycles. The average molecular weight is 784 g/mol. The maximum atomic E-state index is 14.1. The summed E-state index contributed by atoms with van der Waals surface area (Å²) in [7, 11) is 9.14. The molecular weight excluding hydrogens is 734 g/mol. The molecule has 8 atom stereocenters. The Morgan fingerprint density at radius 2 is 1.98 bits per heavy atom. The zero-order valence-electron chi connectivity index (χ0n) is 31.1. The van der Waals surface area contributed by atoms with Crippen LogP contribution in [-0.4, -0.2) is 116 Å². The fourth-order valence-electron chi connectivity index (χ4n) is 6.61. The number of allylic oxidation sites excluding steroid dienone is 3. The smallest absolute Gasteiger partial charge is 0.409 e. The lowest BCUT2D eigenvalue weighted by Gasteiger charge is -2.42. The molecule has 4 rings (SSSR count). The van der Waals surface area contributed by atoms with Crippen molar-refractivity contribution in [3.8, 4) is 5.75 Å². The van der Waals surface area contributed by atoms with Crippen molar-refractivity contribution in [2.75, 3.05) is 45.2 Å². The molecule has 16 heteroatoms. The second kappa shape index (κ2) is 17.5. The molecule has 0 aliphatic carbocycles. The Morgan fingerprint density at radius 3 is 2.63 bits per heavy atom. The summed E-state index contributed by atoms with van der Waals surface area (Å²) in [6.07, 6.45) is 3.17. The third-order valence-electron chi connectivity index (χ3n) is 10.0. The highest BCUT2D eigenvalue weighted by Crippen LogP contribution is 2.49. The summed E-state index contributed by atoms with van der Waals surface area (Å²) in [4.78, 5) is 56.2. The van der Waals surface area contributed by atoms with Gasteiger partial charge in [0.1, 0.15) is 40.7 Å². The van der Waals surface area contributed by atoms with Crippen LogP contribution < -0.4 is 15.0 Å². The Labute approximate surface area is 318 Å². The molecule has 0 saturated carbocycles. The summed E-state index contributed by atoms with van der Waals surface area (Å²) in [5, 5.41) is 14.5. The van der Waals surface area contributed by atoms with Gasteiger partial charge in [-0.2, -0.15) is 0 Å². The fourth-order valence-corrected chi connectivity index (χ4v) is 8.09. The summed E-state index contributed by atoms with van der Waals surface area (Å²) in [6, 6.07) is 2.63. The number of carbonyl (C=O) groups excluding carboxylic acids is 4. The Bertz CT molecular complexity index is 1580. The van der Waals surface area contributed by atoms with E-state index in [1.807, 2.05) is 19.3 Å². The first kappa shape index (κ1) is 41.8. The van der Waals surface area contributed by atoms with Crippen LogP contribution in [0, 0.1) is 5.92 Å². The molecule has 4 bridgehead atoms. The summed E-state index contributed by atoms with van der Waals surface area (Å²) >= 11 is 6.75. The van der Waals surface area contributed by atoms with Gasteiger partial charge < -0.3 is 38.6 Å². The first-order valence-corrected chi connectivity index (χ1v) is 20.1. The van der Waals surface area contributed by atoms with Gasteiger partial charge in [-0.15, -0.1) is 0 Å². The first-order valence-electron chi connectivity index (χ1n) is 17.0. The van der Waals surface area contributed by atoms with Crippen molar-refractivity contribution >= 4 is 62.8 Å². The number of anilines is 1. The maximum Gasteiger partial charge on any atom is 0.409 e. The number of benzene rings is 1. The highest BCUT2D eigenvalue weighted by molar-refractivity contribution is 8.76. The van der Waals surface area contributed by atoms with Gasteiger partial charge in [0, 0.05) is 45.7 Å². The quantitative estimate of drug-likeness (QED) is 0.151. The second-order valence-corrected chi connectivity index (χ2v) is 16.7. The molecular formula is C36H50ClN3O10S2. The number of halogens is 1. The van der Waals surface area contributed by atoms with Crippen molar-refractivity contribution < 1.29 is 48.0 Å². The number of rotatable bonds is 9. The summed E-state index contributed by atoms with van der Waals surface area (Å²) < 4.78 is 29.2. The van der Waals surface area contributed by atoms with Gasteiger partial charge in [0.05, 0.1) is 25.3 Å². The van der Waals surface area contributed by atoms with Gasteiger partial charge in [0.2, 0.25) is 11.8 Å². The number of esters is 1. The van der Waals surface area contributed by atoms with Crippen LogP contribution in [0.2, 0.25) is 5.02 Å². The molecule has 2 saturated heterocycles. The Hall–Kier alpha value is -2.95. The number of nitrogens with zero attached hydrogens (tertiary/aromatic N) is 2. The van der Waals surface area contributed by atoms with E-state index in [-0.39, 0.29) is 30.2 Å². The van der Waals surface area contributed by atoms with Crippen LogP contribution in [0.4, 0.5) is 10.5 Å². The van der Waals surface area contributed by atoms with E-state index in [1.54, 1.807) is 73.7 Å². The Kier molecular flexibility index (Phi) is 14.0. The number of fused-ring (bicyclic) bond motifs is 5. The van der Waals surface area contributed by atoms with Crippen LogP contribution in [0.5, 0.6) is 5.75 Å². The first-order chi connectivity index (χ1) is 24.5. The van der Waals surface area contributed by atoms with Gasteiger partial charge in [-0.1, -0.05) is 63.9 Å². The van der Waals surface area contributed by atoms with E-state index < -0.39 is 65.7 Å². The molecule has 52 heavy (non-hydrogen) atoms. The number of carbonyl (C=O) groups is 4. The minimum atomic E-state index is -1.82. The van der Waals surface area contributed by atoms with Gasteiger partial charge in [-0.05, 0) is 51.1 Å². The van der Waals surface area contributed by atoms with Crippen LogP contribution in [-0.2, 0) is 39.8 Å². The second-order valence-electron chi connectivity index (χ2n) is 13.6. The van der Waals surface area contributed by atoms with Gasteiger partial charge in [-0.3, -0.25) is 14.9 Å². The molecule has 13 nitrogen and oxygen atoms in total. The van der Waals surface area contributed by atoms with E-state index in [2.05, 4.69) is 5.32 Å². The zero-order chi connectivity index (χ0) is 38.5. The Morgan fingerprint density at radius 1 is 1.27 bits per heavy atom. The van der Waals surface area contributed by atoms with Crippen molar-refractivity contribution in [3.05, 3.63) is 46.5 Å². The summed E-state index contributed by atoms with van der Waals surface area (Å²) in [5.41, 5.74) is -0.884. The predicted molar refractivity (Wildman–Crippen MR) is 202 cm³/mol. The molecule has 3 aliphatic rings. The van der Waals surface area contributed by atoms with Gasteiger partial charge in [-0.25, -0.2) is 9.59 Å². The van der Waals surface area contributed by atoms with Crippen molar-refractivity contribution in [3.63, 3.8) is 0 Å². The standard InChI is InChI=1S/C36H50ClN3O10S2/c1-20-11-10-12-27(47-8)36(45)19-26(48-34(44)38-36)21(2)32-35(4,50-32)28(49-33(43)22(3)39(5)29(41)13-14-52-51-9)18-30(42)40(6)24-16-23(15-20)17-25(46-7)31(24)37/h10-12,16-17,21-22,26-28,32,45H,13-15,18-19H2,1-9H3,(H,38,44)/b12-10+,20-11+/t21-,22-,26?,27+,28-,32?,35?,36-/m0/s1. The number of alkyl carbamates (subject to hydrolysis) is 1. The third kappa shape index (κ3) is 9.40. The lowest BCUT2D eigenvalue weighted by molar-refractivity contribution is -0.161. The molecule has 3 unspecified atom stereocenters. The van der Waals surface area contributed by atoms with Crippen LogP contribution in [0.25, 0.3) is 0 Å². The number of aliphatic hydroxyl groups is 1. The molecule has 0 spiro atoms. The number of ether oxygens (including phenoxy) is 5. The largest absolute Gasteiger partial charge is 0.495 e. The monoisotopic (exact) mass is 783 g/mol. The maximum absolute atomic E-state index is 14.1. The lowest BCUT2D eigenvalue weighted by Crippen LogP contribution is -2.63. The van der Waals surface area contributed by atoms with E-state index in [0.717, 1.165) is 11.1 Å². The molecule has 2 fully saturated rings. The van der Waals surface area contributed by atoms with Crippen molar-refractivity contribution in [2.24, 2.45) is 5.92 Å². The molecule has 3 aliphatic heterocycles. The van der Waals surface area contributed by atoms with E-state index in [4.69, 9.17) is 35.3 Å². The highest BCUT2D eigenvalue weighted by Gasteiger charge is 2.64. The number of amides is 3. The van der Waals surface area contributed by atoms with Gasteiger partial charge >= 0.3 is 12.1 Å². The highest BCUT2D eigenvalue weighted by atomic mass is 35.5. The number of hydrogen-bond donors (Lipinski definition) is 2. The normalized spacial score (nSPS) is 31.6. The summed E-state index contributed by atoms with van der Waals surface area (Å²) in [5.74, 6) is -0.916. The van der Waals surface area contributed by atoms with Crippen molar-refractivity contribution in [2.45, 2.75) is 95.2 Å². The molecule has 3 amide bonds.